The first-order chi connectivity index (χ1) is 10.9. The number of rotatable bonds is 4. The summed E-state index contributed by atoms with van der Waals surface area (Å²) in [5, 5.41) is 21.0. The van der Waals surface area contributed by atoms with Crippen LogP contribution in [-0.2, 0) is 9.59 Å². The molecule has 2 aliphatic carbocycles. The average Bonchev–Trinajstić information content (AvgIpc) is 3.07. The van der Waals surface area contributed by atoms with Gasteiger partial charge in [0.25, 0.3) is 0 Å². The number of anilines is 1. The van der Waals surface area contributed by atoms with E-state index in [2.05, 4.69) is 5.32 Å². The second-order valence-electron chi connectivity index (χ2n) is 5.83. The summed E-state index contributed by atoms with van der Waals surface area (Å²) < 4.78 is 0. The van der Waals surface area contributed by atoms with Gasteiger partial charge in [-0.05, 0) is 36.5 Å². The fourth-order valence-corrected chi connectivity index (χ4v) is 3.77. The van der Waals surface area contributed by atoms with Crippen LogP contribution in [0.25, 0.3) is 0 Å². The number of carbonyl (C=O) groups excluding carboxylic acids is 1. The highest BCUT2D eigenvalue weighted by atomic mass is 35.5. The van der Waals surface area contributed by atoms with Gasteiger partial charge in [0.05, 0.1) is 22.4 Å². The minimum atomic E-state index is -1.16. The summed E-state index contributed by atoms with van der Waals surface area (Å²) in [6.45, 7) is 0. The van der Waals surface area contributed by atoms with Gasteiger partial charge in [0.15, 0.2) is 0 Å². The van der Waals surface area contributed by atoms with Crippen LogP contribution < -0.4 is 5.32 Å². The van der Waals surface area contributed by atoms with Crippen molar-refractivity contribution in [3.05, 3.63) is 40.9 Å². The van der Waals surface area contributed by atoms with Crippen molar-refractivity contribution in [2.45, 2.75) is 6.42 Å². The maximum atomic E-state index is 12.5. The number of carbonyl (C=O) groups is 3. The topological polar surface area (TPSA) is 104 Å². The number of hydrogen-bond donors (Lipinski definition) is 3. The Morgan fingerprint density at radius 2 is 1.74 bits per heavy atom. The number of benzene rings is 1. The number of aromatic carboxylic acids is 1. The molecule has 0 heterocycles. The standard InChI is InChI=1S/C16H14ClNO5/c17-11-6-9(3-4-10(11)15(20)21)18-14(19)12-7-1-2-8(5-7)13(12)16(22)23/h1-4,6-8,12-13H,5H2,(H,18,19)(H,20,21)(H,22,23). The van der Waals surface area contributed by atoms with Crippen LogP contribution in [0.5, 0.6) is 0 Å². The number of halogens is 1. The highest BCUT2D eigenvalue weighted by Gasteiger charge is 2.51. The van der Waals surface area contributed by atoms with E-state index in [1.807, 2.05) is 12.2 Å². The minimum absolute atomic E-state index is 0.0120. The Hall–Kier alpha value is -2.34. The van der Waals surface area contributed by atoms with Crippen molar-refractivity contribution in [3.8, 4) is 0 Å². The number of nitrogens with one attached hydrogen (secondary N) is 1. The molecule has 3 N–H and O–H groups in total. The van der Waals surface area contributed by atoms with Crippen molar-refractivity contribution in [1.82, 2.24) is 0 Å². The normalized spacial score (nSPS) is 27.9. The Kier molecular flexibility index (Phi) is 3.85. The van der Waals surface area contributed by atoms with Gasteiger partial charge in [0, 0.05) is 5.69 Å². The van der Waals surface area contributed by atoms with E-state index in [1.54, 1.807) is 0 Å². The van der Waals surface area contributed by atoms with Gasteiger partial charge in [-0.2, -0.15) is 0 Å². The Morgan fingerprint density at radius 3 is 2.30 bits per heavy atom. The smallest absolute Gasteiger partial charge is 0.337 e. The van der Waals surface area contributed by atoms with Gasteiger partial charge < -0.3 is 15.5 Å². The molecule has 6 nitrogen and oxygen atoms in total. The van der Waals surface area contributed by atoms with E-state index in [-0.39, 0.29) is 28.3 Å². The quantitative estimate of drug-likeness (QED) is 0.733. The number of carboxylic acids is 2. The van der Waals surface area contributed by atoms with Gasteiger partial charge >= 0.3 is 11.9 Å². The molecule has 3 rings (SSSR count). The molecule has 23 heavy (non-hydrogen) atoms. The number of aliphatic carboxylic acids is 1. The van der Waals surface area contributed by atoms with Gasteiger partial charge in [-0.15, -0.1) is 0 Å². The lowest BCUT2D eigenvalue weighted by Gasteiger charge is -2.23. The van der Waals surface area contributed by atoms with Gasteiger partial charge in [0.1, 0.15) is 0 Å². The Morgan fingerprint density at radius 1 is 1.09 bits per heavy atom. The fourth-order valence-electron chi connectivity index (χ4n) is 3.51. The molecule has 0 saturated heterocycles. The zero-order chi connectivity index (χ0) is 16.7. The van der Waals surface area contributed by atoms with Crippen LogP contribution in [0, 0.1) is 23.7 Å². The van der Waals surface area contributed by atoms with Crippen LogP contribution in [0.3, 0.4) is 0 Å². The molecule has 1 amide bonds. The molecule has 0 radical (unpaired) electrons. The summed E-state index contributed by atoms with van der Waals surface area (Å²) in [6, 6.07) is 4.09. The zero-order valence-electron chi connectivity index (χ0n) is 11.9. The maximum absolute atomic E-state index is 12.5. The molecule has 1 fully saturated rings. The molecule has 7 heteroatoms. The molecule has 120 valence electrons. The predicted octanol–water partition coefficient (Wildman–Crippen LogP) is 2.50. The minimum Gasteiger partial charge on any atom is -0.481 e. The first kappa shape index (κ1) is 15.6. The number of hydrogen-bond acceptors (Lipinski definition) is 3. The second kappa shape index (κ2) is 5.70. The van der Waals surface area contributed by atoms with E-state index in [9.17, 15) is 19.5 Å². The van der Waals surface area contributed by atoms with Crippen LogP contribution in [0.1, 0.15) is 16.8 Å². The Labute approximate surface area is 136 Å². The fraction of sp³-hybridized carbons (Fsp3) is 0.312. The third-order valence-electron chi connectivity index (χ3n) is 4.51. The third-order valence-corrected chi connectivity index (χ3v) is 4.83. The predicted molar refractivity (Wildman–Crippen MR) is 82.4 cm³/mol. The number of allylic oxidation sites excluding steroid dienone is 2. The number of carboxylic acid groups (broad SMARTS) is 2. The van der Waals surface area contributed by atoms with Crippen LogP contribution >= 0.6 is 11.6 Å². The van der Waals surface area contributed by atoms with Crippen molar-refractivity contribution in [3.63, 3.8) is 0 Å². The SMILES string of the molecule is O=C(O)c1ccc(NC(=O)C2C3C=CC(C3)C2C(=O)O)cc1Cl. The van der Waals surface area contributed by atoms with Crippen molar-refractivity contribution in [1.29, 1.82) is 0 Å². The molecule has 1 aromatic carbocycles. The highest BCUT2D eigenvalue weighted by molar-refractivity contribution is 6.33. The van der Waals surface area contributed by atoms with E-state index in [4.69, 9.17) is 16.7 Å². The molecule has 0 aliphatic heterocycles. The van der Waals surface area contributed by atoms with E-state index in [0.29, 0.717) is 12.1 Å². The third kappa shape index (κ3) is 2.70. The highest BCUT2D eigenvalue weighted by Crippen LogP contribution is 2.48. The summed E-state index contributed by atoms with van der Waals surface area (Å²) in [6.07, 6.45) is 4.44. The molecule has 1 aromatic rings. The first-order valence-electron chi connectivity index (χ1n) is 7.13. The van der Waals surface area contributed by atoms with Gasteiger partial charge in [-0.3, -0.25) is 9.59 Å². The summed E-state index contributed by atoms with van der Waals surface area (Å²) >= 11 is 5.87. The molecular weight excluding hydrogens is 322 g/mol. The largest absolute Gasteiger partial charge is 0.481 e. The van der Waals surface area contributed by atoms with Gasteiger partial charge in [-0.25, -0.2) is 4.79 Å². The van der Waals surface area contributed by atoms with Crippen LogP contribution in [0.4, 0.5) is 5.69 Å². The van der Waals surface area contributed by atoms with E-state index in [1.165, 1.54) is 18.2 Å². The number of fused-ring (bicyclic) bond motifs is 2. The molecule has 0 aromatic heterocycles. The van der Waals surface area contributed by atoms with Crippen molar-refractivity contribution in [2.75, 3.05) is 5.32 Å². The van der Waals surface area contributed by atoms with Gasteiger partial charge in [-0.1, -0.05) is 23.8 Å². The van der Waals surface area contributed by atoms with Crippen molar-refractivity contribution in [2.24, 2.45) is 23.7 Å². The maximum Gasteiger partial charge on any atom is 0.337 e. The zero-order valence-corrected chi connectivity index (χ0v) is 12.7. The molecular formula is C16H14ClNO5. The Balaban J connectivity index is 1.79. The molecule has 0 spiro atoms. The lowest BCUT2D eigenvalue weighted by molar-refractivity contribution is -0.146. The van der Waals surface area contributed by atoms with E-state index in [0.717, 1.165) is 0 Å². The van der Waals surface area contributed by atoms with Crippen LogP contribution in [-0.4, -0.2) is 28.1 Å². The average molecular weight is 336 g/mol. The molecule has 2 aliphatic rings. The van der Waals surface area contributed by atoms with Crippen molar-refractivity contribution >= 4 is 35.1 Å². The van der Waals surface area contributed by atoms with Gasteiger partial charge in [0.2, 0.25) is 5.91 Å². The Bertz CT molecular complexity index is 729. The lowest BCUT2D eigenvalue weighted by Crippen LogP contribution is -2.36. The summed E-state index contributed by atoms with van der Waals surface area (Å²) in [4.78, 5) is 34.8. The monoisotopic (exact) mass is 335 g/mol. The second-order valence-corrected chi connectivity index (χ2v) is 6.23. The van der Waals surface area contributed by atoms with Crippen LogP contribution in [0.2, 0.25) is 5.02 Å². The summed E-state index contributed by atoms with van der Waals surface area (Å²) in [5.74, 6) is -4.04. The molecule has 2 bridgehead atoms. The number of amides is 1. The van der Waals surface area contributed by atoms with E-state index < -0.39 is 23.8 Å². The first-order valence-corrected chi connectivity index (χ1v) is 7.51. The van der Waals surface area contributed by atoms with Crippen molar-refractivity contribution < 1.29 is 24.6 Å². The van der Waals surface area contributed by atoms with E-state index >= 15 is 0 Å². The molecule has 4 unspecified atom stereocenters. The van der Waals surface area contributed by atoms with Crippen LogP contribution in [0.15, 0.2) is 30.4 Å². The lowest BCUT2D eigenvalue weighted by atomic mass is 9.82. The summed E-state index contributed by atoms with van der Waals surface area (Å²) in [5.41, 5.74) is 0.289. The molecule has 1 saturated carbocycles. The molecule has 4 atom stereocenters. The summed E-state index contributed by atoms with van der Waals surface area (Å²) in [7, 11) is 0.